The highest BCUT2D eigenvalue weighted by Gasteiger charge is 2.38. The standard InChI is InChI=1S/C26H35N3O/c1-21(23-13-7-4-8-14-23)27(2)26(30)20-29-18-10-16-25(29)24-15-9-17-28(24)19-22-11-5-3-6-12-22/h3-8,11-14,21,24-25H,9-10,15-20H2,1-2H3. The third kappa shape index (κ3) is 4.76. The van der Waals surface area contributed by atoms with Crippen molar-refractivity contribution in [2.24, 2.45) is 0 Å². The number of nitrogens with zero attached hydrogens (tertiary/aromatic N) is 3. The lowest BCUT2D eigenvalue weighted by atomic mass is 10.0. The van der Waals surface area contributed by atoms with E-state index in [1.54, 1.807) is 0 Å². The summed E-state index contributed by atoms with van der Waals surface area (Å²) in [5.74, 6) is 0.228. The second-order valence-corrected chi connectivity index (χ2v) is 8.94. The van der Waals surface area contributed by atoms with Crippen molar-refractivity contribution in [3.8, 4) is 0 Å². The van der Waals surface area contributed by atoms with Gasteiger partial charge in [-0.3, -0.25) is 14.6 Å². The molecule has 30 heavy (non-hydrogen) atoms. The molecule has 160 valence electrons. The summed E-state index contributed by atoms with van der Waals surface area (Å²) in [7, 11) is 1.95. The summed E-state index contributed by atoms with van der Waals surface area (Å²) in [6.45, 7) is 5.89. The number of benzene rings is 2. The van der Waals surface area contributed by atoms with Gasteiger partial charge in [-0.15, -0.1) is 0 Å². The summed E-state index contributed by atoms with van der Waals surface area (Å²) in [4.78, 5) is 20.1. The molecule has 2 aliphatic heterocycles. The van der Waals surface area contributed by atoms with E-state index in [9.17, 15) is 4.79 Å². The van der Waals surface area contributed by atoms with E-state index in [2.05, 4.69) is 59.2 Å². The van der Waals surface area contributed by atoms with E-state index >= 15 is 0 Å². The molecular formula is C26H35N3O. The number of hydrogen-bond donors (Lipinski definition) is 0. The number of hydrogen-bond acceptors (Lipinski definition) is 3. The zero-order valence-electron chi connectivity index (χ0n) is 18.4. The lowest BCUT2D eigenvalue weighted by Gasteiger charge is -2.36. The smallest absolute Gasteiger partial charge is 0.237 e. The SMILES string of the molecule is CC(c1ccccc1)N(C)C(=O)CN1CCCC1C1CCCN1Cc1ccccc1. The third-order valence-electron chi connectivity index (χ3n) is 7.10. The first-order chi connectivity index (χ1) is 14.6. The minimum atomic E-state index is 0.0980. The molecule has 2 aromatic rings. The molecule has 0 bridgehead atoms. The topological polar surface area (TPSA) is 26.8 Å². The molecule has 2 aromatic carbocycles. The second kappa shape index (κ2) is 9.76. The Balaban J connectivity index is 1.38. The van der Waals surface area contributed by atoms with E-state index in [4.69, 9.17) is 0 Å². The molecule has 4 heteroatoms. The fraction of sp³-hybridized carbons (Fsp3) is 0.500. The normalized spacial score (nSPS) is 23.5. The van der Waals surface area contributed by atoms with Crippen molar-refractivity contribution in [3.63, 3.8) is 0 Å². The van der Waals surface area contributed by atoms with Crippen molar-refractivity contribution in [2.75, 3.05) is 26.7 Å². The van der Waals surface area contributed by atoms with Gasteiger partial charge in [0, 0.05) is 25.7 Å². The Bertz CT molecular complexity index is 810. The van der Waals surface area contributed by atoms with E-state index in [0.29, 0.717) is 18.6 Å². The van der Waals surface area contributed by atoms with Gasteiger partial charge >= 0.3 is 0 Å². The van der Waals surface area contributed by atoms with Crippen molar-refractivity contribution in [1.82, 2.24) is 14.7 Å². The highest BCUT2D eigenvalue weighted by atomic mass is 16.2. The third-order valence-corrected chi connectivity index (χ3v) is 7.10. The number of likely N-dealkylation sites (N-methyl/N-ethyl adjacent to an activating group) is 1. The fourth-order valence-corrected chi connectivity index (χ4v) is 5.24. The minimum absolute atomic E-state index is 0.0980. The van der Waals surface area contributed by atoms with Gasteiger partial charge in [-0.2, -0.15) is 0 Å². The molecule has 1 amide bonds. The van der Waals surface area contributed by atoms with Crippen LogP contribution in [0.25, 0.3) is 0 Å². The van der Waals surface area contributed by atoms with Crippen LogP contribution in [-0.4, -0.2) is 59.4 Å². The first-order valence-electron chi connectivity index (χ1n) is 11.5. The molecule has 0 aromatic heterocycles. The molecule has 0 aliphatic carbocycles. The molecule has 4 rings (SSSR count). The molecule has 2 fully saturated rings. The number of carbonyl (C=O) groups is 1. The Morgan fingerprint density at radius 3 is 2.17 bits per heavy atom. The highest BCUT2D eigenvalue weighted by molar-refractivity contribution is 5.78. The summed E-state index contributed by atoms with van der Waals surface area (Å²) < 4.78 is 0. The maximum Gasteiger partial charge on any atom is 0.237 e. The van der Waals surface area contributed by atoms with Crippen LogP contribution in [0.4, 0.5) is 0 Å². The quantitative estimate of drug-likeness (QED) is 0.686. The summed E-state index contributed by atoms with van der Waals surface area (Å²) in [5, 5.41) is 0. The van der Waals surface area contributed by atoms with Crippen LogP contribution in [-0.2, 0) is 11.3 Å². The number of carbonyl (C=O) groups excluding carboxylic acids is 1. The van der Waals surface area contributed by atoms with Crippen LogP contribution in [0.3, 0.4) is 0 Å². The van der Waals surface area contributed by atoms with Crippen molar-refractivity contribution in [3.05, 3.63) is 71.8 Å². The van der Waals surface area contributed by atoms with Gasteiger partial charge in [0.05, 0.1) is 12.6 Å². The highest BCUT2D eigenvalue weighted by Crippen LogP contribution is 2.31. The van der Waals surface area contributed by atoms with Gasteiger partial charge in [0.1, 0.15) is 0 Å². The average Bonchev–Trinajstić information content (AvgIpc) is 3.43. The Kier molecular flexibility index (Phi) is 6.86. The number of rotatable bonds is 7. The second-order valence-electron chi connectivity index (χ2n) is 8.94. The average molecular weight is 406 g/mol. The van der Waals surface area contributed by atoms with Crippen molar-refractivity contribution in [1.29, 1.82) is 0 Å². The first kappa shape index (κ1) is 21.1. The molecule has 0 N–H and O–H groups in total. The molecule has 4 nitrogen and oxygen atoms in total. The molecule has 2 heterocycles. The van der Waals surface area contributed by atoms with Crippen LogP contribution in [0, 0.1) is 0 Å². The van der Waals surface area contributed by atoms with Gasteiger partial charge in [0.2, 0.25) is 5.91 Å². The fourth-order valence-electron chi connectivity index (χ4n) is 5.24. The van der Waals surface area contributed by atoms with Crippen molar-refractivity contribution < 1.29 is 4.79 Å². The van der Waals surface area contributed by atoms with Crippen molar-refractivity contribution >= 4 is 5.91 Å². The largest absolute Gasteiger partial charge is 0.338 e. The maximum atomic E-state index is 13.1. The Hall–Kier alpha value is -2.17. The van der Waals surface area contributed by atoms with Gasteiger partial charge in [0.25, 0.3) is 0 Å². The zero-order valence-corrected chi connectivity index (χ0v) is 18.4. The molecular weight excluding hydrogens is 370 g/mol. The Morgan fingerprint density at radius 1 is 0.933 bits per heavy atom. The van der Waals surface area contributed by atoms with E-state index in [0.717, 1.165) is 13.1 Å². The minimum Gasteiger partial charge on any atom is -0.338 e. The van der Waals surface area contributed by atoms with Gasteiger partial charge in [-0.1, -0.05) is 60.7 Å². The van der Waals surface area contributed by atoms with Crippen LogP contribution in [0.5, 0.6) is 0 Å². The Labute approximate surface area is 181 Å². The predicted molar refractivity (Wildman–Crippen MR) is 122 cm³/mol. The first-order valence-corrected chi connectivity index (χ1v) is 11.5. The predicted octanol–water partition coefficient (Wildman–Crippen LogP) is 4.34. The van der Waals surface area contributed by atoms with Gasteiger partial charge in [-0.05, 0) is 56.8 Å². The lowest BCUT2D eigenvalue weighted by Crippen LogP contribution is -2.49. The molecule has 3 atom stereocenters. The molecule has 3 unspecified atom stereocenters. The van der Waals surface area contributed by atoms with Crippen LogP contribution in [0.1, 0.15) is 49.8 Å². The van der Waals surface area contributed by atoms with E-state index in [1.807, 2.05) is 30.1 Å². The van der Waals surface area contributed by atoms with Crippen LogP contribution >= 0.6 is 0 Å². The summed E-state index contributed by atoms with van der Waals surface area (Å²) >= 11 is 0. The monoisotopic (exact) mass is 405 g/mol. The molecule has 0 saturated carbocycles. The van der Waals surface area contributed by atoms with E-state index in [1.165, 1.54) is 43.4 Å². The molecule has 0 spiro atoms. The van der Waals surface area contributed by atoms with E-state index < -0.39 is 0 Å². The summed E-state index contributed by atoms with van der Waals surface area (Å²) in [6, 6.07) is 22.3. The van der Waals surface area contributed by atoms with Gasteiger partial charge in [-0.25, -0.2) is 0 Å². The van der Waals surface area contributed by atoms with Crippen LogP contribution in [0.15, 0.2) is 60.7 Å². The van der Waals surface area contributed by atoms with Crippen LogP contribution in [0.2, 0.25) is 0 Å². The number of likely N-dealkylation sites (tertiary alicyclic amines) is 2. The molecule has 2 saturated heterocycles. The van der Waals surface area contributed by atoms with Gasteiger partial charge in [0.15, 0.2) is 0 Å². The molecule has 2 aliphatic rings. The van der Waals surface area contributed by atoms with Gasteiger partial charge < -0.3 is 4.90 Å². The number of amides is 1. The maximum absolute atomic E-state index is 13.1. The summed E-state index contributed by atoms with van der Waals surface area (Å²) in [6.07, 6.45) is 4.92. The lowest BCUT2D eigenvalue weighted by molar-refractivity contribution is -0.133. The summed E-state index contributed by atoms with van der Waals surface area (Å²) in [5.41, 5.74) is 2.58. The Morgan fingerprint density at radius 2 is 1.50 bits per heavy atom. The van der Waals surface area contributed by atoms with E-state index in [-0.39, 0.29) is 11.9 Å². The molecule has 0 radical (unpaired) electrons. The van der Waals surface area contributed by atoms with Crippen molar-refractivity contribution in [2.45, 2.75) is 57.3 Å². The van der Waals surface area contributed by atoms with Crippen LogP contribution < -0.4 is 0 Å². The zero-order chi connectivity index (χ0) is 20.9.